The minimum atomic E-state index is -0.571. The molecule has 0 N–H and O–H groups in total. The Balaban J connectivity index is 1.08. The van der Waals surface area contributed by atoms with E-state index in [4.69, 9.17) is 0 Å². The van der Waals surface area contributed by atoms with E-state index in [1.54, 1.807) is 0 Å². The number of para-hydroxylation sites is 1. The summed E-state index contributed by atoms with van der Waals surface area (Å²) in [4.78, 5) is 2.47. The van der Waals surface area contributed by atoms with E-state index in [1.165, 1.54) is 82.3 Å². The summed E-state index contributed by atoms with van der Waals surface area (Å²) in [5, 5.41) is 7.36. The minimum absolute atomic E-state index is 0.571. The Bertz CT molecular complexity index is 3760. The van der Waals surface area contributed by atoms with Gasteiger partial charge < -0.3 is 9.47 Å². The lowest BCUT2D eigenvalue weighted by Gasteiger charge is -2.35. The van der Waals surface area contributed by atoms with Gasteiger partial charge in [0.2, 0.25) is 0 Å². The zero-order chi connectivity index (χ0) is 42.9. The molecule has 0 fully saturated rings. The molecule has 0 aliphatic heterocycles. The lowest BCUT2D eigenvalue weighted by molar-refractivity contribution is 0.768. The van der Waals surface area contributed by atoms with E-state index in [9.17, 15) is 0 Å². The van der Waals surface area contributed by atoms with Crippen LogP contribution in [0.3, 0.4) is 0 Å². The van der Waals surface area contributed by atoms with Crippen LogP contribution in [0.5, 0.6) is 0 Å². The molecule has 1 heterocycles. The maximum Gasteiger partial charge on any atom is 0.0714 e. The Morgan fingerprint density at radius 3 is 1.69 bits per heavy atom. The summed E-state index contributed by atoms with van der Waals surface area (Å²) in [6.07, 6.45) is 0. The van der Waals surface area contributed by atoms with Crippen LogP contribution in [-0.4, -0.2) is 4.57 Å². The Morgan fingerprint density at radius 1 is 0.323 bits per heavy atom. The van der Waals surface area contributed by atoms with Crippen LogP contribution in [0.2, 0.25) is 0 Å². The average Bonchev–Trinajstić information content (AvgIpc) is 3.88. The van der Waals surface area contributed by atoms with Crippen molar-refractivity contribution < 1.29 is 0 Å². The molecule has 2 nitrogen and oxygen atoms in total. The number of nitrogens with zero attached hydrogens (tertiary/aromatic N) is 2. The van der Waals surface area contributed by atoms with Crippen molar-refractivity contribution in [3.63, 3.8) is 0 Å². The summed E-state index contributed by atoms with van der Waals surface area (Å²) >= 11 is 0. The Morgan fingerprint density at radius 2 is 0.877 bits per heavy atom. The van der Waals surface area contributed by atoms with Gasteiger partial charge >= 0.3 is 0 Å². The number of rotatable bonds is 7. The molecule has 0 spiro atoms. The van der Waals surface area contributed by atoms with Crippen molar-refractivity contribution in [1.82, 2.24) is 4.57 Å². The Kier molecular flexibility index (Phi) is 8.47. The molecular formula is C63H42N2. The number of benzene rings is 11. The van der Waals surface area contributed by atoms with Gasteiger partial charge in [-0.05, 0) is 109 Å². The molecule has 2 heteroatoms. The lowest BCUT2D eigenvalue weighted by Crippen LogP contribution is -2.28. The monoisotopic (exact) mass is 826 g/mol. The van der Waals surface area contributed by atoms with E-state index >= 15 is 0 Å². The molecule has 1 aliphatic carbocycles. The molecule has 304 valence electrons. The van der Waals surface area contributed by atoms with Crippen LogP contribution in [-0.2, 0) is 5.41 Å². The topological polar surface area (TPSA) is 8.17 Å². The van der Waals surface area contributed by atoms with E-state index in [2.05, 4.69) is 264 Å². The molecular weight excluding hydrogens is 785 g/mol. The highest BCUT2D eigenvalue weighted by Crippen LogP contribution is 2.57. The Hall–Kier alpha value is -8.46. The number of hydrogen-bond acceptors (Lipinski definition) is 1. The second kappa shape index (κ2) is 14.8. The van der Waals surface area contributed by atoms with Gasteiger partial charge in [-0.1, -0.05) is 206 Å². The molecule has 12 aromatic rings. The average molecular weight is 827 g/mol. The second-order valence-electron chi connectivity index (χ2n) is 17.3. The largest absolute Gasteiger partial charge is 0.310 e. The molecule has 0 saturated carbocycles. The van der Waals surface area contributed by atoms with Gasteiger partial charge in [0, 0.05) is 38.9 Å². The van der Waals surface area contributed by atoms with E-state index in [-0.39, 0.29) is 0 Å². The molecule has 65 heavy (non-hydrogen) atoms. The molecule has 0 radical (unpaired) electrons. The van der Waals surface area contributed by atoms with E-state index in [1.807, 2.05) is 0 Å². The first-order valence-corrected chi connectivity index (χ1v) is 22.5. The molecule has 1 atom stereocenters. The summed E-state index contributed by atoms with van der Waals surface area (Å²) in [6.45, 7) is 0. The fourth-order valence-electron chi connectivity index (χ4n) is 10.9. The quantitative estimate of drug-likeness (QED) is 0.155. The zero-order valence-corrected chi connectivity index (χ0v) is 35.6. The first-order chi connectivity index (χ1) is 32.2. The third-order valence-corrected chi connectivity index (χ3v) is 13.8. The minimum Gasteiger partial charge on any atom is -0.310 e. The first-order valence-electron chi connectivity index (χ1n) is 22.5. The van der Waals surface area contributed by atoms with Crippen LogP contribution in [0.1, 0.15) is 22.3 Å². The fraction of sp³-hybridized carbons (Fsp3) is 0.0159. The first kappa shape index (κ1) is 37.1. The van der Waals surface area contributed by atoms with Crippen molar-refractivity contribution in [2.24, 2.45) is 0 Å². The van der Waals surface area contributed by atoms with Crippen molar-refractivity contribution in [2.45, 2.75) is 5.41 Å². The van der Waals surface area contributed by atoms with Crippen molar-refractivity contribution in [3.8, 4) is 27.9 Å². The summed E-state index contributed by atoms with van der Waals surface area (Å²) in [5.74, 6) is 0. The van der Waals surface area contributed by atoms with Gasteiger partial charge in [0.1, 0.15) is 0 Å². The third-order valence-electron chi connectivity index (χ3n) is 13.8. The molecule has 0 bridgehead atoms. The third kappa shape index (κ3) is 5.74. The molecule has 11 aromatic carbocycles. The predicted molar refractivity (Wildman–Crippen MR) is 273 cm³/mol. The van der Waals surface area contributed by atoms with Gasteiger partial charge in [-0.3, -0.25) is 0 Å². The highest BCUT2D eigenvalue weighted by Gasteiger charge is 2.46. The lowest BCUT2D eigenvalue weighted by atomic mass is 9.67. The zero-order valence-electron chi connectivity index (χ0n) is 35.6. The van der Waals surface area contributed by atoms with E-state index in [0.717, 1.165) is 28.3 Å². The smallest absolute Gasteiger partial charge is 0.0714 e. The van der Waals surface area contributed by atoms with Crippen molar-refractivity contribution in [2.75, 3.05) is 4.90 Å². The highest BCUT2D eigenvalue weighted by molar-refractivity contribution is 6.19. The molecule has 1 aromatic heterocycles. The predicted octanol–water partition coefficient (Wildman–Crippen LogP) is 16.6. The van der Waals surface area contributed by atoms with Gasteiger partial charge in [0.05, 0.1) is 16.4 Å². The molecule has 0 saturated heterocycles. The Labute approximate surface area is 378 Å². The molecule has 0 amide bonds. The van der Waals surface area contributed by atoms with Crippen molar-refractivity contribution in [3.05, 3.63) is 277 Å². The van der Waals surface area contributed by atoms with Crippen molar-refractivity contribution >= 4 is 60.4 Å². The van der Waals surface area contributed by atoms with Gasteiger partial charge in [0.15, 0.2) is 0 Å². The van der Waals surface area contributed by atoms with Crippen molar-refractivity contribution in [1.29, 1.82) is 0 Å². The van der Waals surface area contributed by atoms with Crippen LogP contribution >= 0.6 is 0 Å². The maximum absolute atomic E-state index is 2.48. The summed E-state index contributed by atoms with van der Waals surface area (Å²) in [7, 11) is 0. The second-order valence-corrected chi connectivity index (χ2v) is 17.3. The summed E-state index contributed by atoms with van der Waals surface area (Å²) < 4.78 is 2.47. The fourth-order valence-corrected chi connectivity index (χ4v) is 10.9. The standard InChI is InChI=1S/C63H42N2/c1-4-16-43(17-5-1)45-28-32-49(33-29-45)63(48-21-6-2-7-22-48)59-27-15-14-26-55(59)56-38-35-52(41-60(56)63)64(51-34-30-44-18-10-11-20-47(44)40-51)53-36-39-57-58-37-31-46-19-12-13-25-54(46)62(58)65(61(57)42-53)50-23-8-3-9-24-50/h1-42H. The van der Waals surface area contributed by atoms with E-state index in [0.29, 0.717) is 0 Å². The number of hydrogen-bond donors (Lipinski definition) is 0. The molecule has 1 aliphatic rings. The van der Waals surface area contributed by atoms with E-state index < -0.39 is 5.41 Å². The van der Waals surface area contributed by atoms with Crippen LogP contribution in [0.25, 0.3) is 71.3 Å². The van der Waals surface area contributed by atoms with Crippen LogP contribution in [0, 0.1) is 0 Å². The molecule has 13 rings (SSSR count). The van der Waals surface area contributed by atoms with Crippen LogP contribution < -0.4 is 4.90 Å². The number of fused-ring (bicyclic) bond motifs is 9. The normalized spacial score (nSPS) is 14.2. The van der Waals surface area contributed by atoms with Gasteiger partial charge in [-0.25, -0.2) is 0 Å². The number of anilines is 3. The number of aromatic nitrogens is 1. The van der Waals surface area contributed by atoms with Gasteiger partial charge in [-0.15, -0.1) is 0 Å². The van der Waals surface area contributed by atoms with Crippen LogP contribution in [0.4, 0.5) is 17.1 Å². The van der Waals surface area contributed by atoms with Gasteiger partial charge in [-0.2, -0.15) is 0 Å². The SMILES string of the molecule is c1ccc(-c2ccc(C3(c4ccccc4)c4ccccc4-c4ccc(N(c5ccc6ccccc6c5)c5ccc6c7ccc8ccccc8c7n(-c7ccccc7)c6c5)cc43)cc2)cc1. The highest BCUT2D eigenvalue weighted by atomic mass is 15.1. The maximum atomic E-state index is 2.48. The van der Waals surface area contributed by atoms with Gasteiger partial charge in [0.25, 0.3) is 0 Å². The molecule has 1 unspecified atom stereocenters. The summed E-state index contributed by atoms with van der Waals surface area (Å²) in [5.41, 5.74) is 16.2. The summed E-state index contributed by atoms with van der Waals surface area (Å²) in [6, 6.07) is 94.1. The van der Waals surface area contributed by atoms with Crippen LogP contribution in [0.15, 0.2) is 255 Å².